The van der Waals surface area contributed by atoms with E-state index in [4.69, 9.17) is 9.47 Å². The SMILES string of the molecule is COC(C)(C)CCOC(C)CC(C)(C#N)NC(C)C. The first kappa shape index (κ1) is 18.4. The monoisotopic (exact) mass is 270 g/mol. The summed E-state index contributed by atoms with van der Waals surface area (Å²) in [6.07, 6.45) is 1.56. The van der Waals surface area contributed by atoms with Crippen molar-refractivity contribution >= 4 is 0 Å². The van der Waals surface area contributed by atoms with Gasteiger partial charge in [-0.3, -0.25) is 5.32 Å². The van der Waals surface area contributed by atoms with E-state index in [9.17, 15) is 5.26 Å². The summed E-state index contributed by atoms with van der Waals surface area (Å²) in [6, 6.07) is 2.62. The Hall–Kier alpha value is -0.630. The van der Waals surface area contributed by atoms with Crippen LogP contribution in [0.2, 0.25) is 0 Å². The van der Waals surface area contributed by atoms with Gasteiger partial charge in [-0.1, -0.05) is 0 Å². The highest BCUT2D eigenvalue weighted by Gasteiger charge is 2.27. The number of ether oxygens (including phenoxy) is 2. The second kappa shape index (κ2) is 7.84. The minimum absolute atomic E-state index is 0.0450. The Kier molecular flexibility index (Phi) is 7.58. The molecule has 112 valence electrons. The number of rotatable bonds is 9. The van der Waals surface area contributed by atoms with Crippen molar-refractivity contribution in [2.24, 2.45) is 0 Å². The summed E-state index contributed by atoms with van der Waals surface area (Å²) in [5.74, 6) is 0. The predicted octanol–water partition coefficient (Wildman–Crippen LogP) is 2.88. The van der Waals surface area contributed by atoms with Gasteiger partial charge in [0.1, 0.15) is 5.54 Å². The summed E-state index contributed by atoms with van der Waals surface area (Å²) in [5, 5.41) is 12.6. The predicted molar refractivity (Wildman–Crippen MR) is 78.0 cm³/mol. The molecule has 0 radical (unpaired) electrons. The van der Waals surface area contributed by atoms with Crippen molar-refractivity contribution in [2.75, 3.05) is 13.7 Å². The molecule has 0 spiro atoms. The van der Waals surface area contributed by atoms with Crippen molar-refractivity contribution in [3.63, 3.8) is 0 Å². The maximum absolute atomic E-state index is 9.29. The Morgan fingerprint density at radius 1 is 1.21 bits per heavy atom. The fourth-order valence-electron chi connectivity index (χ4n) is 2.02. The van der Waals surface area contributed by atoms with Gasteiger partial charge in [-0.25, -0.2) is 0 Å². The minimum Gasteiger partial charge on any atom is -0.379 e. The largest absolute Gasteiger partial charge is 0.379 e. The van der Waals surface area contributed by atoms with E-state index in [2.05, 4.69) is 11.4 Å². The lowest BCUT2D eigenvalue weighted by Gasteiger charge is -2.29. The van der Waals surface area contributed by atoms with Crippen LogP contribution in [0.3, 0.4) is 0 Å². The van der Waals surface area contributed by atoms with Gasteiger partial charge in [-0.15, -0.1) is 0 Å². The fourth-order valence-corrected chi connectivity index (χ4v) is 2.02. The highest BCUT2D eigenvalue weighted by atomic mass is 16.5. The van der Waals surface area contributed by atoms with E-state index < -0.39 is 5.54 Å². The quantitative estimate of drug-likeness (QED) is 0.700. The molecule has 4 heteroatoms. The van der Waals surface area contributed by atoms with E-state index in [0.717, 1.165) is 6.42 Å². The molecule has 19 heavy (non-hydrogen) atoms. The number of hydrogen-bond acceptors (Lipinski definition) is 4. The molecule has 2 unspecified atom stereocenters. The summed E-state index contributed by atoms with van der Waals surface area (Å²) in [6.45, 7) is 12.8. The van der Waals surface area contributed by atoms with Gasteiger partial charge in [0.05, 0.1) is 17.8 Å². The maximum Gasteiger partial charge on any atom is 0.106 e. The Labute approximate surface area is 118 Å². The fraction of sp³-hybridized carbons (Fsp3) is 0.933. The van der Waals surface area contributed by atoms with Gasteiger partial charge in [0, 0.05) is 26.2 Å². The van der Waals surface area contributed by atoms with Crippen LogP contribution in [0.5, 0.6) is 0 Å². The Bertz CT molecular complexity index is 297. The molecular formula is C15H30N2O2. The van der Waals surface area contributed by atoms with Gasteiger partial charge in [0.25, 0.3) is 0 Å². The molecule has 0 aromatic heterocycles. The maximum atomic E-state index is 9.29. The van der Waals surface area contributed by atoms with Gasteiger partial charge in [-0.2, -0.15) is 5.26 Å². The molecular weight excluding hydrogens is 240 g/mol. The van der Waals surface area contributed by atoms with E-state index in [-0.39, 0.29) is 17.7 Å². The average molecular weight is 270 g/mol. The van der Waals surface area contributed by atoms with Crippen molar-refractivity contribution in [3.8, 4) is 6.07 Å². The van der Waals surface area contributed by atoms with Crippen molar-refractivity contribution in [1.82, 2.24) is 5.32 Å². The molecule has 0 rings (SSSR count). The average Bonchev–Trinajstić information content (AvgIpc) is 2.27. The van der Waals surface area contributed by atoms with Gasteiger partial charge in [0.15, 0.2) is 0 Å². The Morgan fingerprint density at radius 2 is 1.79 bits per heavy atom. The van der Waals surface area contributed by atoms with E-state index in [1.54, 1.807) is 7.11 Å². The van der Waals surface area contributed by atoms with Crippen molar-refractivity contribution < 1.29 is 9.47 Å². The van der Waals surface area contributed by atoms with E-state index in [1.165, 1.54) is 0 Å². The summed E-state index contributed by atoms with van der Waals surface area (Å²) < 4.78 is 11.1. The number of nitrogens with one attached hydrogen (secondary N) is 1. The van der Waals surface area contributed by atoms with Crippen LogP contribution in [0, 0.1) is 11.3 Å². The molecule has 1 N–H and O–H groups in total. The van der Waals surface area contributed by atoms with Gasteiger partial charge < -0.3 is 9.47 Å². The first-order valence-corrected chi connectivity index (χ1v) is 7.00. The number of hydrogen-bond donors (Lipinski definition) is 1. The normalized spacial score (nSPS) is 17.0. The van der Waals surface area contributed by atoms with Crippen LogP contribution in [-0.4, -0.2) is 37.0 Å². The molecule has 0 amide bonds. The molecule has 0 fully saturated rings. The molecule has 0 aliphatic carbocycles. The van der Waals surface area contributed by atoms with Crippen LogP contribution in [0.25, 0.3) is 0 Å². The second-order valence-corrected chi connectivity index (χ2v) is 6.34. The minimum atomic E-state index is -0.537. The third kappa shape index (κ3) is 8.20. The lowest BCUT2D eigenvalue weighted by Crippen LogP contribution is -2.47. The van der Waals surface area contributed by atoms with Crippen molar-refractivity contribution in [2.45, 2.75) is 77.7 Å². The van der Waals surface area contributed by atoms with Crippen molar-refractivity contribution in [1.29, 1.82) is 5.26 Å². The zero-order valence-corrected chi connectivity index (χ0v) is 13.5. The molecule has 0 aromatic rings. The first-order chi connectivity index (χ1) is 8.64. The highest BCUT2D eigenvalue weighted by Crippen LogP contribution is 2.17. The number of nitrogens with zero attached hydrogens (tertiary/aromatic N) is 1. The van der Waals surface area contributed by atoms with E-state index in [0.29, 0.717) is 13.0 Å². The van der Waals surface area contributed by atoms with Gasteiger partial charge >= 0.3 is 0 Å². The standard InChI is InChI=1S/C15H30N2O2/c1-12(2)17-15(6,11-16)10-13(3)19-9-8-14(4,5)18-7/h12-13,17H,8-10H2,1-7H3. The van der Waals surface area contributed by atoms with E-state index in [1.807, 2.05) is 41.5 Å². The lowest BCUT2D eigenvalue weighted by atomic mass is 9.95. The molecule has 0 heterocycles. The van der Waals surface area contributed by atoms with Crippen LogP contribution in [0.4, 0.5) is 0 Å². The van der Waals surface area contributed by atoms with Gasteiger partial charge in [0.2, 0.25) is 0 Å². The highest BCUT2D eigenvalue weighted by molar-refractivity contribution is 5.05. The van der Waals surface area contributed by atoms with Crippen LogP contribution >= 0.6 is 0 Å². The molecule has 0 aromatic carbocycles. The smallest absolute Gasteiger partial charge is 0.106 e. The van der Waals surface area contributed by atoms with Crippen LogP contribution in [0.1, 0.15) is 54.4 Å². The molecule has 0 aliphatic heterocycles. The van der Waals surface area contributed by atoms with Crippen LogP contribution in [0.15, 0.2) is 0 Å². The molecule has 4 nitrogen and oxygen atoms in total. The number of nitriles is 1. The number of methoxy groups -OCH3 is 1. The Balaban J connectivity index is 4.16. The molecule has 0 bridgehead atoms. The zero-order chi connectivity index (χ0) is 15.1. The summed E-state index contributed by atoms with van der Waals surface area (Å²) in [4.78, 5) is 0. The third-order valence-corrected chi connectivity index (χ3v) is 3.21. The zero-order valence-electron chi connectivity index (χ0n) is 13.5. The van der Waals surface area contributed by atoms with Gasteiger partial charge in [-0.05, 0) is 48.0 Å². The molecule has 2 atom stereocenters. The van der Waals surface area contributed by atoms with Crippen LogP contribution in [-0.2, 0) is 9.47 Å². The van der Waals surface area contributed by atoms with E-state index >= 15 is 0 Å². The molecule has 0 saturated heterocycles. The Morgan fingerprint density at radius 3 is 2.21 bits per heavy atom. The first-order valence-electron chi connectivity index (χ1n) is 7.00. The summed E-state index contributed by atoms with van der Waals surface area (Å²) >= 11 is 0. The lowest BCUT2D eigenvalue weighted by molar-refractivity contribution is -0.0275. The second-order valence-electron chi connectivity index (χ2n) is 6.34. The summed E-state index contributed by atoms with van der Waals surface area (Å²) in [5.41, 5.74) is -0.696. The molecule has 0 saturated carbocycles. The molecule has 0 aliphatic rings. The topological polar surface area (TPSA) is 54.3 Å². The van der Waals surface area contributed by atoms with Crippen LogP contribution < -0.4 is 5.32 Å². The summed E-state index contributed by atoms with van der Waals surface area (Å²) in [7, 11) is 1.71. The van der Waals surface area contributed by atoms with Crippen molar-refractivity contribution in [3.05, 3.63) is 0 Å². The third-order valence-electron chi connectivity index (χ3n) is 3.21.